The zero-order valence-corrected chi connectivity index (χ0v) is 16.3. The van der Waals surface area contributed by atoms with Crippen molar-refractivity contribution < 1.29 is 9.53 Å². The average Bonchev–Trinajstić information content (AvgIpc) is 3.00. The number of amides is 1. The number of aromatic nitrogens is 2. The Bertz CT molecular complexity index is 965. The molecule has 1 aromatic heterocycles. The molecule has 1 N–H and O–H groups in total. The number of nitrogens with one attached hydrogen (secondary N) is 1. The number of ether oxygens (including phenoxy) is 1. The van der Waals surface area contributed by atoms with E-state index >= 15 is 0 Å². The number of benzene rings is 2. The fourth-order valence-electron chi connectivity index (χ4n) is 2.87. The van der Waals surface area contributed by atoms with Gasteiger partial charge < -0.3 is 14.6 Å². The SMILES string of the molecule is C=C(Br)Cn1c(C(C)NC(=O)c2cccc(OC)c2)nc2ccccc21. The number of methoxy groups -OCH3 is 1. The molecule has 0 saturated carbocycles. The monoisotopic (exact) mass is 413 g/mol. The van der Waals surface area contributed by atoms with Crippen molar-refractivity contribution in [2.75, 3.05) is 7.11 Å². The van der Waals surface area contributed by atoms with E-state index in [4.69, 9.17) is 9.72 Å². The third-order valence-corrected chi connectivity index (χ3v) is 4.33. The van der Waals surface area contributed by atoms with Crippen molar-refractivity contribution in [1.82, 2.24) is 14.9 Å². The van der Waals surface area contributed by atoms with Gasteiger partial charge in [-0.1, -0.05) is 40.7 Å². The predicted molar refractivity (Wildman–Crippen MR) is 107 cm³/mol. The molecule has 1 unspecified atom stereocenters. The van der Waals surface area contributed by atoms with Gasteiger partial charge in [0, 0.05) is 10.0 Å². The molecule has 0 saturated heterocycles. The number of halogens is 1. The number of nitrogens with zero attached hydrogens (tertiary/aromatic N) is 2. The van der Waals surface area contributed by atoms with Crippen LogP contribution in [-0.4, -0.2) is 22.6 Å². The number of para-hydroxylation sites is 2. The van der Waals surface area contributed by atoms with Crippen LogP contribution in [0.25, 0.3) is 11.0 Å². The molecule has 0 radical (unpaired) electrons. The summed E-state index contributed by atoms with van der Waals surface area (Å²) in [6, 6.07) is 14.7. The first-order valence-corrected chi connectivity index (χ1v) is 9.02. The fourth-order valence-corrected chi connectivity index (χ4v) is 3.12. The Morgan fingerprint density at radius 2 is 2.08 bits per heavy atom. The second kappa shape index (κ2) is 7.74. The number of allylic oxidation sites excluding steroid dienone is 1. The lowest BCUT2D eigenvalue weighted by atomic mass is 10.2. The van der Waals surface area contributed by atoms with E-state index in [1.807, 2.05) is 31.2 Å². The van der Waals surface area contributed by atoms with E-state index in [1.54, 1.807) is 31.4 Å². The van der Waals surface area contributed by atoms with Gasteiger partial charge in [0.2, 0.25) is 0 Å². The summed E-state index contributed by atoms with van der Waals surface area (Å²) in [6.45, 7) is 6.43. The minimum Gasteiger partial charge on any atom is -0.497 e. The van der Waals surface area contributed by atoms with Gasteiger partial charge in [0.1, 0.15) is 11.6 Å². The van der Waals surface area contributed by atoms with E-state index in [9.17, 15) is 4.79 Å². The molecule has 134 valence electrons. The molecule has 0 aliphatic heterocycles. The molecular weight excluding hydrogens is 394 g/mol. The minimum atomic E-state index is -0.270. The highest BCUT2D eigenvalue weighted by Crippen LogP contribution is 2.23. The summed E-state index contributed by atoms with van der Waals surface area (Å²) in [7, 11) is 1.58. The Morgan fingerprint density at radius 1 is 1.31 bits per heavy atom. The average molecular weight is 414 g/mol. The van der Waals surface area contributed by atoms with Crippen LogP contribution in [-0.2, 0) is 6.54 Å². The normalized spacial score (nSPS) is 12.0. The molecule has 3 rings (SSSR count). The van der Waals surface area contributed by atoms with Gasteiger partial charge in [-0.15, -0.1) is 0 Å². The topological polar surface area (TPSA) is 56.2 Å². The molecule has 1 heterocycles. The van der Waals surface area contributed by atoms with E-state index in [-0.39, 0.29) is 11.9 Å². The predicted octanol–water partition coefficient (Wildman–Crippen LogP) is 4.44. The molecular formula is C20H20BrN3O2. The van der Waals surface area contributed by atoms with Crippen LogP contribution in [0.15, 0.2) is 59.6 Å². The van der Waals surface area contributed by atoms with Crippen LogP contribution >= 0.6 is 15.9 Å². The molecule has 5 nitrogen and oxygen atoms in total. The van der Waals surface area contributed by atoms with E-state index in [0.29, 0.717) is 17.9 Å². The quantitative estimate of drug-likeness (QED) is 0.649. The van der Waals surface area contributed by atoms with Crippen molar-refractivity contribution in [1.29, 1.82) is 0 Å². The fraction of sp³-hybridized carbons (Fsp3) is 0.200. The Balaban J connectivity index is 1.90. The van der Waals surface area contributed by atoms with Crippen LogP contribution in [0, 0.1) is 0 Å². The van der Waals surface area contributed by atoms with Gasteiger partial charge in [-0.3, -0.25) is 4.79 Å². The van der Waals surface area contributed by atoms with Gasteiger partial charge in [0.15, 0.2) is 0 Å². The van der Waals surface area contributed by atoms with Gasteiger partial charge in [-0.2, -0.15) is 0 Å². The molecule has 26 heavy (non-hydrogen) atoms. The Kier molecular flexibility index (Phi) is 5.42. The van der Waals surface area contributed by atoms with Gasteiger partial charge in [-0.05, 0) is 37.3 Å². The smallest absolute Gasteiger partial charge is 0.251 e. The molecule has 1 amide bonds. The number of carbonyl (C=O) groups excluding carboxylic acids is 1. The maximum Gasteiger partial charge on any atom is 0.251 e. The van der Waals surface area contributed by atoms with Crippen molar-refractivity contribution in [2.24, 2.45) is 0 Å². The van der Waals surface area contributed by atoms with Crippen molar-refractivity contribution in [3.63, 3.8) is 0 Å². The van der Waals surface area contributed by atoms with Crippen LogP contribution in [0.1, 0.15) is 29.1 Å². The highest BCUT2D eigenvalue weighted by molar-refractivity contribution is 9.11. The van der Waals surface area contributed by atoms with Gasteiger partial charge in [-0.25, -0.2) is 4.98 Å². The van der Waals surface area contributed by atoms with Crippen LogP contribution in [0.3, 0.4) is 0 Å². The van der Waals surface area contributed by atoms with Crippen LogP contribution in [0.2, 0.25) is 0 Å². The number of rotatable bonds is 6. The first-order valence-electron chi connectivity index (χ1n) is 8.23. The van der Waals surface area contributed by atoms with E-state index < -0.39 is 0 Å². The van der Waals surface area contributed by atoms with Gasteiger partial charge in [0.25, 0.3) is 5.91 Å². The lowest BCUT2D eigenvalue weighted by molar-refractivity contribution is 0.0937. The zero-order chi connectivity index (χ0) is 18.7. The third kappa shape index (κ3) is 3.80. The number of hydrogen-bond acceptors (Lipinski definition) is 3. The van der Waals surface area contributed by atoms with Gasteiger partial charge in [0.05, 0.1) is 30.7 Å². The number of hydrogen-bond donors (Lipinski definition) is 1. The zero-order valence-electron chi connectivity index (χ0n) is 14.7. The summed E-state index contributed by atoms with van der Waals surface area (Å²) in [5.41, 5.74) is 2.44. The largest absolute Gasteiger partial charge is 0.497 e. The highest BCUT2D eigenvalue weighted by Gasteiger charge is 2.19. The summed E-state index contributed by atoms with van der Waals surface area (Å²) in [4.78, 5) is 17.3. The lowest BCUT2D eigenvalue weighted by Crippen LogP contribution is -2.28. The maximum atomic E-state index is 12.6. The van der Waals surface area contributed by atoms with Crippen molar-refractivity contribution >= 4 is 32.9 Å². The summed E-state index contributed by atoms with van der Waals surface area (Å²) >= 11 is 3.42. The van der Waals surface area contributed by atoms with Crippen LogP contribution in [0.5, 0.6) is 5.75 Å². The molecule has 0 aliphatic carbocycles. The Labute approximate surface area is 160 Å². The van der Waals surface area contributed by atoms with Crippen molar-refractivity contribution in [3.8, 4) is 5.75 Å². The van der Waals surface area contributed by atoms with E-state index in [1.165, 1.54) is 0 Å². The summed E-state index contributed by atoms with van der Waals surface area (Å²) in [5, 5.41) is 3.02. The molecule has 0 spiro atoms. The molecule has 0 bridgehead atoms. The van der Waals surface area contributed by atoms with E-state index in [2.05, 4.69) is 32.4 Å². The van der Waals surface area contributed by atoms with Crippen molar-refractivity contribution in [3.05, 3.63) is 71.0 Å². The Hall–Kier alpha value is -2.60. The number of imidazole rings is 1. The van der Waals surface area contributed by atoms with E-state index in [0.717, 1.165) is 21.3 Å². The van der Waals surface area contributed by atoms with Crippen molar-refractivity contribution in [2.45, 2.75) is 19.5 Å². The molecule has 3 aromatic rings. The first kappa shape index (κ1) is 18.2. The first-order chi connectivity index (χ1) is 12.5. The molecule has 0 aliphatic rings. The lowest BCUT2D eigenvalue weighted by Gasteiger charge is -2.16. The molecule has 6 heteroatoms. The van der Waals surface area contributed by atoms with Gasteiger partial charge >= 0.3 is 0 Å². The highest BCUT2D eigenvalue weighted by atomic mass is 79.9. The summed E-state index contributed by atoms with van der Waals surface area (Å²) in [6.07, 6.45) is 0. The minimum absolute atomic E-state index is 0.173. The Morgan fingerprint density at radius 3 is 2.81 bits per heavy atom. The number of fused-ring (bicyclic) bond motifs is 1. The molecule has 2 aromatic carbocycles. The maximum absolute atomic E-state index is 12.6. The standard InChI is InChI=1S/C20H20BrN3O2/c1-13(21)12-24-18-10-5-4-9-17(18)23-19(24)14(2)22-20(25)15-7-6-8-16(11-15)26-3/h4-11,14H,1,12H2,2-3H3,(H,22,25). The second-order valence-electron chi connectivity index (χ2n) is 5.99. The van der Waals surface area contributed by atoms with Crippen LogP contribution in [0.4, 0.5) is 0 Å². The van der Waals surface area contributed by atoms with Crippen LogP contribution < -0.4 is 10.1 Å². The second-order valence-corrected chi connectivity index (χ2v) is 7.11. The number of carbonyl (C=O) groups is 1. The summed E-state index contributed by atoms with van der Waals surface area (Å²) in [5.74, 6) is 1.25. The third-order valence-electron chi connectivity index (χ3n) is 4.08. The molecule has 1 atom stereocenters. The summed E-state index contributed by atoms with van der Waals surface area (Å²) < 4.78 is 8.09. The molecule has 0 fully saturated rings.